The number of fused-ring (bicyclic) bond motifs is 6. The lowest BCUT2D eigenvalue weighted by atomic mass is 9.90. The number of hydrogen-bond donors (Lipinski definition) is 1. The summed E-state index contributed by atoms with van der Waals surface area (Å²) in [6.07, 6.45) is 6.43. The van der Waals surface area contributed by atoms with Crippen molar-refractivity contribution >= 4 is 34.6 Å². The molecule has 1 amide bonds. The van der Waals surface area contributed by atoms with Gasteiger partial charge in [0.15, 0.2) is 5.82 Å². The molecule has 4 aliphatic rings. The van der Waals surface area contributed by atoms with Crippen molar-refractivity contribution in [3.8, 4) is 5.00 Å². The highest BCUT2D eigenvalue weighted by Gasteiger charge is 2.52. The smallest absolute Gasteiger partial charge is 0.226 e. The Labute approximate surface area is 231 Å². The SMILES string of the molecule is CCN(C(=O)[C@@H]1Cc2sc3c(c2C1)C(c1ccccc1Cl)=NC1(CC1)c1nnc(C)n1-3)[C@H]1CC[C@H](O)CC1. The number of aliphatic imine (C=N–C) groups is 1. The molecule has 38 heavy (non-hydrogen) atoms. The number of nitrogens with zero attached hydrogens (tertiary/aromatic N) is 5. The molecule has 0 bridgehead atoms. The summed E-state index contributed by atoms with van der Waals surface area (Å²) < 4.78 is 2.21. The number of hydrogen-bond acceptors (Lipinski definition) is 6. The van der Waals surface area contributed by atoms with Gasteiger partial charge in [-0.2, -0.15) is 0 Å². The first-order valence-electron chi connectivity index (χ1n) is 13.8. The van der Waals surface area contributed by atoms with E-state index in [0.29, 0.717) is 18.0 Å². The Balaban J connectivity index is 1.30. The van der Waals surface area contributed by atoms with Gasteiger partial charge in [0.25, 0.3) is 0 Å². The Morgan fingerprint density at radius 1 is 1.18 bits per heavy atom. The molecule has 2 saturated carbocycles. The van der Waals surface area contributed by atoms with E-state index in [1.807, 2.05) is 25.1 Å². The molecular weight excluding hydrogens is 518 g/mol. The Bertz CT molecular complexity index is 1460. The zero-order chi connectivity index (χ0) is 26.2. The molecule has 198 valence electrons. The molecule has 2 aromatic heterocycles. The van der Waals surface area contributed by atoms with Crippen LogP contribution in [0.3, 0.4) is 0 Å². The number of carbonyl (C=O) groups excluding carboxylic acids is 1. The average Bonchev–Trinajstić information content (AvgIpc) is 3.25. The number of thiophene rings is 1. The Morgan fingerprint density at radius 2 is 1.95 bits per heavy atom. The monoisotopic (exact) mass is 549 g/mol. The number of carbonyl (C=O) groups is 1. The van der Waals surface area contributed by atoms with Gasteiger partial charge in [0.2, 0.25) is 5.91 Å². The number of aromatic nitrogens is 3. The highest BCUT2D eigenvalue weighted by molar-refractivity contribution is 7.15. The van der Waals surface area contributed by atoms with Gasteiger partial charge in [-0.15, -0.1) is 21.5 Å². The summed E-state index contributed by atoms with van der Waals surface area (Å²) in [5, 5.41) is 20.8. The van der Waals surface area contributed by atoms with Crippen molar-refractivity contribution in [2.45, 2.75) is 82.9 Å². The van der Waals surface area contributed by atoms with Gasteiger partial charge in [-0.25, -0.2) is 0 Å². The number of amides is 1. The highest BCUT2D eigenvalue weighted by atomic mass is 35.5. The van der Waals surface area contributed by atoms with Gasteiger partial charge >= 0.3 is 0 Å². The third-order valence-corrected chi connectivity index (χ3v) is 10.5. The lowest BCUT2D eigenvalue weighted by molar-refractivity contribution is -0.138. The Kier molecular flexibility index (Phi) is 5.80. The van der Waals surface area contributed by atoms with Crippen LogP contribution in [0.1, 0.15) is 78.7 Å². The summed E-state index contributed by atoms with van der Waals surface area (Å²) in [7, 11) is 0. The largest absolute Gasteiger partial charge is 0.393 e. The maximum atomic E-state index is 13.9. The fraction of sp³-hybridized carbons (Fsp3) is 0.517. The third-order valence-electron chi connectivity index (χ3n) is 8.89. The van der Waals surface area contributed by atoms with Crippen molar-refractivity contribution in [1.82, 2.24) is 19.7 Å². The van der Waals surface area contributed by atoms with E-state index in [1.54, 1.807) is 11.3 Å². The highest BCUT2D eigenvalue weighted by Crippen LogP contribution is 2.54. The first-order chi connectivity index (χ1) is 18.4. The van der Waals surface area contributed by atoms with E-state index in [0.717, 1.165) is 78.4 Å². The molecule has 3 aromatic rings. The molecule has 7 rings (SSSR count). The summed E-state index contributed by atoms with van der Waals surface area (Å²) in [5.74, 6) is 1.96. The molecule has 1 N–H and O–H groups in total. The van der Waals surface area contributed by atoms with Crippen molar-refractivity contribution in [2.75, 3.05) is 6.54 Å². The molecule has 0 radical (unpaired) electrons. The average molecular weight is 550 g/mol. The summed E-state index contributed by atoms with van der Waals surface area (Å²) in [6, 6.07) is 8.17. The van der Waals surface area contributed by atoms with Gasteiger partial charge in [0.05, 0.1) is 11.8 Å². The van der Waals surface area contributed by atoms with E-state index in [1.165, 1.54) is 10.4 Å². The molecule has 1 aromatic carbocycles. The van der Waals surface area contributed by atoms with Crippen LogP contribution in [0.15, 0.2) is 29.3 Å². The van der Waals surface area contributed by atoms with Crippen LogP contribution in [0.4, 0.5) is 0 Å². The zero-order valence-corrected chi connectivity index (χ0v) is 23.4. The zero-order valence-electron chi connectivity index (χ0n) is 21.8. The molecule has 2 fully saturated rings. The summed E-state index contributed by atoms with van der Waals surface area (Å²) >= 11 is 8.53. The van der Waals surface area contributed by atoms with E-state index >= 15 is 0 Å². The first kappa shape index (κ1) is 24.5. The standard InChI is InChI=1S/C29H32ClN5O2S/c1-3-34(18-8-10-19(36)11-9-18)26(37)17-14-21-23(15-17)38-27-24(21)25(20-6-4-5-7-22(20)30)31-29(12-13-29)28-33-32-16(2)35(27)28/h4-7,17-19,36H,3,8-15H2,1-2H3/t17-,18-,19-/m0/s1. The minimum atomic E-state index is -0.361. The predicted octanol–water partition coefficient (Wildman–Crippen LogP) is 5.00. The van der Waals surface area contributed by atoms with Crippen LogP contribution >= 0.6 is 22.9 Å². The molecule has 3 aliphatic carbocycles. The fourth-order valence-corrected chi connectivity index (χ4v) is 8.41. The van der Waals surface area contributed by atoms with Gasteiger partial charge in [0, 0.05) is 39.5 Å². The molecule has 1 aliphatic heterocycles. The topological polar surface area (TPSA) is 83.6 Å². The van der Waals surface area contributed by atoms with Gasteiger partial charge in [-0.1, -0.05) is 29.8 Å². The van der Waals surface area contributed by atoms with E-state index < -0.39 is 0 Å². The van der Waals surface area contributed by atoms with E-state index in [9.17, 15) is 9.90 Å². The minimum absolute atomic E-state index is 0.0690. The fourth-order valence-electron chi connectivity index (χ4n) is 6.72. The second-order valence-electron chi connectivity index (χ2n) is 11.3. The Hall–Kier alpha value is -2.55. The number of rotatable bonds is 4. The van der Waals surface area contributed by atoms with Crippen LogP contribution in [0, 0.1) is 12.8 Å². The van der Waals surface area contributed by atoms with Gasteiger partial charge in [-0.3, -0.25) is 14.4 Å². The van der Waals surface area contributed by atoms with Gasteiger partial charge in [0.1, 0.15) is 16.4 Å². The lowest BCUT2D eigenvalue weighted by Crippen LogP contribution is -2.45. The first-order valence-corrected chi connectivity index (χ1v) is 15.0. The van der Waals surface area contributed by atoms with Crippen molar-refractivity contribution in [2.24, 2.45) is 10.9 Å². The number of halogens is 1. The van der Waals surface area contributed by atoms with Crippen molar-refractivity contribution in [3.63, 3.8) is 0 Å². The van der Waals surface area contributed by atoms with Gasteiger partial charge in [-0.05, 0) is 76.8 Å². The van der Waals surface area contributed by atoms with Crippen LogP contribution in [0.25, 0.3) is 5.00 Å². The molecule has 1 spiro atoms. The van der Waals surface area contributed by atoms with Crippen molar-refractivity contribution in [3.05, 3.63) is 62.5 Å². The number of aliphatic hydroxyl groups is 1. The molecule has 7 nitrogen and oxygen atoms in total. The normalized spacial score (nSPS) is 24.8. The van der Waals surface area contributed by atoms with Crippen LogP contribution in [-0.2, 0) is 23.2 Å². The molecule has 3 heterocycles. The maximum Gasteiger partial charge on any atom is 0.226 e. The Morgan fingerprint density at radius 3 is 2.66 bits per heavy atom. The van der Waals surface area contributed by atoms with Crippen molar-refractivity contribution < 1.29 is 9.90 Å². The molecule has 0 unspecified atom stereocenters. The van der Waals surface area contributed by atoms with E-state index in [-0.39, 0.29) is 29.5 Å². The van der Waals surface area contributed by atoms with Crippen LogP contribution in [-0.4, -0.2) is 55.1 Å². The van der Waals surface area contributed by atoms with Gasteiger partial charge < -0.3 is 10.0 Å². The quantitative estimate of drug-likeness (QED) is 0.496. The minimum Gasteiger partial charge on any atom is -0.393 e. The third kappa shape index (κ3) is 3.71. The number of benzene rings is 1. The lowest BCUT2D eigenvalue weighted by Gasteiger charge is -2.36. The van der Waals surface area contributed by atoms with Crippen molar-refractivity contribution in [1.29, 1.82) is 0 Å². The molecule has 1 atom stereocenters. The summed E-state index contributed by atoms with van der Waals surface area (Å²) in [4.78, 5) is 22.6. The van der Waals surface area contributed by atoms with Crippen LogP contribution < -0.4 is 0 Å². The van der Waals surface area contributed by atoms with Crippen LogP contribution in [0.2, 0.25) is 5.02 Å². The summed E-state index contributed by atoms with van der Waals surface area (Å²) in [6.45, 7) is 4.79. The number of aryl methyl sites for hydroxylation is 1. The summed E-state index contributed by atoms with van der Waals surface area (Å²) in [5.41, 5.74) is 3.83. The van der Waals surface area contributed by atoms with E-state index in [4.69, 9.17) is 16.6 Å². The predicted molar refractivity (Wildman–Crippen MR) is 149 cm³/mol. The van der Waals surface area contributed by atoms with E-state index in [2.05, 4.69) is 32.7 Å². The molecular formula is C29H32ClN5O2S. The molecule has 0 saturated heterocycles. The maximum absolute atomic E-state index is 13.9. The second-order valence-corrected chi connectivity index (χ2v) is 12.7. The molecule has 9 heteroatoms. The second kappa shape index (κ2) is 9.00. The number of aliphatic hydroxyl groups excluding tert-OH is 1. The van der Waals surface area contributed by atoms with Crippen LogP contribution in [0.5, 0.6) is 0 Å².